The maximum Gasteiger partial charge on any atom is 0.320 e. The third-order valence-electron chi connectivity index (χ3n) is 3.97. The van der Waals surface area contributed by atoms with E-state index in [1.165, 1.54) is 4.90 Å². The Bertz CT molecular complexity index is 422. The van der Waals surface area contributed by atoms with Crippen LogP contribution in [0.15, 0.2) is 0 Å². The Hall–Kier alpha value is -1.79. The number of nitrogens with zero attached hydrogens (tertiary/aromatic N) is 2. The highest BCUT2D eigenvalue weighted by Gasteiger charge is 2.30. The summed E-state index contributed by atoms with van der Waals surface area (Å²) in [7, 11) is 1.62. The summed E-state index contributed by atoms with van der Waals surface area (Å²) < 4.78 is 0. The standard InChI is InChI=1S/C14H23N3O4/c1-16(9-12(18)15-11-3-4-11)14(21)17-7-6-10(8-17)2-5-13(19)20/h10-11H,2-9H2,1H3,(H,15,18)(H,19,20). The number of amides is 3. The number of hydrogen-bond acceptors (Lipinski definition) is 3. The lowest BCUT2D eigenvalue weighted by molar-refractivity contribution is -0.137. The van der Waals surface area contributed by atoms with Crippen LogP contribution < -0.4 is 5.32 Å². The zero-order valence-electron chi connectivity index (χ0n) is 12.4. The molecule has 2 fully saturated rings. The van der Waals surface area contributed by atoms with E-state index in [1.807, 2.05) is 0 Å². The topological polar surface area (TPSA) is 90.0 Å². The predicted octanol–water partition coefficient (Wildman–Crippen LogP) is 0.504. The molecule has 0 aromatic carbocycles. The lowest BCUT2D eigenvalue weighted by Gasteiger charge is -2.24. The Kier molecular flexibility index (Phi) is 5.03. The molecule has 3 amide bonds. The van der Waals surface area contributed by atoms with Crippen molar-refractivity contribution in [2.45, 2.75) is 38.1 Å². The molecule has 1 atom stereocenters. The first kappa shape index (κ1) is 15.6. The Morgan fingerprint density at radius 2 is 2.00 bits per heavy atom. The predicted molar refractivity (Wildman–Crippen MR) is 75.7 cm³/mol. The highest BCUT2D eigenvalue weighted by atomic mass is 16.4. The lowest BCUT2D eigenvalue weighted by atomic mass is 10.0. The second-order valence-corrected chi connectivity index (χ2v) is 6.01. The number of urea groups is 1. The smallest absolute Gasteiger partial charge is 0.320 e. The molecule has 7 heteroatoms. The van der Waals surface area contributed by atoms with Crippen LogP contribution in [0.3, 0.4) is 0 Å². The molecule has 1 saturated heterocycles. The van der Waals surface area contributed by atoms with Crippen LogP contribution in [-0.4, -0.2) is 65.5 Å². The Morgan fingerprint density at radius 3 is 2.62 bits per heavy atom. The maximum absolute atomic E-state index is 12.2. The van der Waals surface area contributed by atoms with E-state index in [0.717, 1.165) is 19.3 Å². The van der Waals surface area contributed by atoms with Crippen molar-refractivity contribution in [3.05, 3.63) is 0 Å². The van der Waals surface area contributed by atoms with E-state index < -0.39 is 5.97 Å². The van der Waals surface area contributed by atoms with Gasteiger partial charge in [0.2, 0.25) is 5.91 Å². The molecule has 2 aliphatic rings. The molecule has 2 N–H and O–H groups in total. The van der Waals surface area contributed by atoms with Gasteiger partial charge in [-0.3, -0.25) is 9.59 Å². The van der Waals surface area contributed by atoms with E-state index in [2.05, 4.69) is 5.32 Å². The first-order valence-corrected chi connectivity index (χ1v) is 7.47. The highest BCUT2D eigenvalue weighted by Crippen LogP contribution is 2.22. The maximum atomic E-state index is 12.2. The summed E-state index contributed by atoms with van der Waals surface area (Å²) >= 11 is 0. The minimum Gasteiger partial charge on any atom is -0.481 e. The number of carboxylic acids is 1. The summed E-state index contributed by atoms with van der Waals surface area (Å²) in [5.41, 5.74) is 0. The second kappa shape index (κ2) is 6.78. The molecule has 118 valence electrons. The number of carbonyl (C=O) groups excluding carboxylic acids is 2. The summed E-state index contributed by atoms with van der Waals surface area (Å²) in [5, 5.41) is 11.5. The Balaban J connectivity index is 1.72. The molecule has 21 heavy (non-hydrogen) atoms. The van der Waals surface area contributed by atoms with Crippen LogP contribution in [0.5, 0.6) is 0 Å². The Labute approximate surface area is 124 Å². The van der Waals surface area contributed by atoms with Gasteiger partial charge in [-0.15, -0.1) is 0 Å². The molecule has 1 aliphatic carbocycles. The van der Waals surface area contributed by atoms with Crippen LogP contribution in [0.25, 0.3) is 0 Å². The van der Waals surface area contributed by atoms with Gasteiger partial charge in [0, 0.05) is 32.6 Å². The molecule has 0 aromatic rings. The van der Waals surface area contributed by atoms with E-state index in [9.17, 15) is 14.4 Å². The average Bonchev–Trinajstić information content (AvgIpc) is 3.09. The van der Waals surface area contributed by atoms with Gasteiger partial charge in [0.15, 0.2) is 0 Å². The number of rotatable bonds is 6. The minimum atomic E-state index is -0.798. The fourth-order valence-corrected chi connectivity index (χ4v) is 2.60. The number of likely N-dealkylation sites (N-methyl/N-ethyl adjacent to an activating group) is 1. The van der Waals surface area contributed by atoms with Crippen LogP contribution in [0.1, 0.15) is 32.1 Å². The van der Waals surface area contributed by atoms with E-state index in [-0.39, 0.29) is 30.8 Å². The monoisotopic (exact) mass is 297 g/mol. The Morgan fingerprint density at radius 1 is 1.29 bits per heavy atom. The number of likely N-dealkylation sites (tertiary alicyclic amines) is 1. The lowest BCUT2D eigenvalue weighted by Crippen LogP contribution is -2.45. The molecule has 1 aliphatic heterocycles. The molecular formula is C14H23N3O4. The van der Waals surface area contributed by atoms with Gasteiger partial charge >= 0.3 is 12.0 Å². The highest BCUT2D eigenvalue weighted by molar-refractivity contribution is 5.84. The minimum absolute atomic E-state index is 0.0750. The van der Waals surface area contributed by atoms with Gasteiger partial charge in [-0.05, 0) is 31.6 Å². The van der Waals surface area contributed by atoms with E-state index in [0.29, 0.717) is 25.6 Å². The van der Waals surface area contributed by atoms with Crippen molar-refractivity contribution in [2.75, 3.05) is 26.7 Å². The van der Waals surface area contributed by atoms with E-state index in [4.69, 9.17) is 5.11 Å². The number of carbonyl (C=O) groups is 3. The normalized spacial score (nSPS) is 21.2. The molecular weight excluding hydrogens is 274 g/mol. The third-order valence-corrected chi connectivity index (χ3v) is 3.97. The molecule has 1 heterocycles. The third kappa shape index (κ3) is 4.91. The van der Waals surface area contributed by atoms with Crippen LogP contribution in [0.4, 0.5) is 4.79 Å². The first-order valence-electron chi connectivity index (χ1n) is 7.47. The molecule has 1 unspecified atom stereocenters. The van der Waals surface area contributed by atoms with Gasteiger partial charge in [0.25, 0.3) is 0 Å². The van der Waals surface area contributed by atoms with Crippen molar-refractivity contribution in [3.63, 3.8) is 0 Å². The van der Waals surface area contributed by atoms with Gasteiger partial charge in [-0.1, -0.05) is 0 Å². The molecule has 1 saturated carbocycles. The van der Waals surface area contributed by atoms with Crippen molar-refractivity contribution in [3.8, 4) is 0 Å². The fourth-order valence-electron chi connectivity index (χ4n) is 2.60. The van der Waals surface area contributed by atoms with Gasteiger partial charge in [0.05, 0.1) is 0 Å². The SMILES string of the molecule is CN(CC(=O)NC1CC1)C(=O)N1CCC(CCC(=O)O)C1. The van der Waals surface area contributed by atoms with Gasteiger partial charge in [0.1, 0.15) is 6.54 Å². The number of aliphatic carboxylic acids is 1. The van der Waals surface area contributed by atoms with Crippen molar-refractivity contribution in [1.82, 2.24) is 15.1 Å². The van der Waals surface area contributed by atoms with Gasteiger partial charge < -0.3 is 20.2 Å². The summed E-state index contributed by atoms with van der Waals surface area (Å²) in [5.74, 6) is -0.664. The molecule has 0 radical (unpaired) electrons. The number of nitrogens with one attached hydrogen (secondary N) is 1. The zero-order chi connectivity index (χ0) is 15.4. The molecule has 0 bridgehead atoms. The first-order chi connectivity index (χ1) is 9.95. The summed E-state index contributed by atoms with van der Waals surface area (Å²) in [6.07, 6.45) is 3.64. The summed E-state index contributed by atoms with van der Waals surface area (Å²) in [6.45, 7) is 1.30. The molecule has 0 spiro atoms. The van der Waals surface area contributed by atoms with Crippen LogP contribution >= 0.6 is 0 Å². The molecule has 7 nitrogen and oxygen atoms in total. The van der Waals surface area contributed by atoms with E-state index >= 15 is 0 Å². The van der Waals surface area contributed by atoms with Gasteiger partial charge in [-0.25, -0.2) is 4.79 Å². The quantitative estimate of drug-likeness (QED) is 0.747. The van der Waals surface area contributed by atoms with Crippen LogP contribution in [0, 0.1) is 5.92 Å². The average molecular weight is 297 g/mol. The zero-order valence-corrected chi connectivity index (χ0v) is 12.4. The molecule has 0 aromatic heterocycles. The van der Waals surface area contributed by atoms with Crippen molar-refractivity contribution < 1.29 is 19.5 Å². The van der Waals surface area contributed by atoms with Crippen molar-refractivity contribution >= 4 is 17.9 Å². The fraction of sp³-hybridized carbons (Fsp3) is 0.786. The summed E-state index contributed by atoms with van der Waals surface area (Å²) in [4.78, 5) is 37.6. The van der Waals surface area contributed by atoms with Crippen LogP contribution in [0.2, 0.25) is 0 Å². The molecule has 2 rings (SSSR count). The van der Waals surface area contributed by atoms with Crippen molar-refractivity contribution in [1.29, 1.82) is 0 Å². The number of carboxylic acid groups (broad SMARTS) is 1. The largest absolute Gasteiger partial charge is 0.481 e. The second-order valence-electron chi connectivity index (χ2n) is 6.01. The number of hydrogen-bond donors (Lipinski definition) is 2. The van der Waals surface area contributed by atoms with Crippen molar-refractivity contribution in [2.24, 2.45) is 5.92 Å². The van der Waals surface area contributed by atoms with Crippen LogP contribution in [-0.2, 0) is 9.59 Å². The summed E-state index contributed by atoms with van der Waals surface area (Å²) in [6, 6.07) is 0.145. The van der Waals surface area contributed by atoms with Gasteiger partial charge in [-0.2, -0.15) is 0 Å². The van der Waals surface area contributed by atoms with E-state index in [1.54, 1.807) is 11.9 Å².